The molecule has 2 saturated heterocycles. The van der Waals surface area contributed by atoms with E-state index >= 15 is 0 Å². The minimum absolute atomic E-state index is 0.0810. The zero-order chi connectivity index (χ0) is 18.8. The van der Waals surface area contributed by atoms with E-state index in [1.54, 1.807) is 0 Å². The molecule has 1 aromatic heterocycles. The molecular weight excluding hydrogens is 346 g/mol. The molecule has 1 N–H and O–H groups in total. The van der Waals surface area contributed by atoms with Crippen LogP contribution in [0.4, 0.5) is 10.6 Å². The van der Waals surface area contributed by atoms with Crippen molar-refractivity contribution in [2.45, 2.75) is 51.5 Å². The van der Waals surface area contributed by atoms with E-state index in [2.05, 4.69) is 15.2 Å². The number of piperidine rings is 1. The molecule has 0 spiro atoms. The van der Waals surface area contributed by atoms with Gasteiger partial charge in [-0.25, -0.2) is 14.8 Å². The average Bonchev–Trinajstić information content (AvgIpc) is 3.06. The van der Waals surface area contributed by atoms with E-state index in [1.807, 2.05) is 6.92 Å². The molecule has 2 amide bonds. The summed E-state index contributed by atoms with van der Waals surface area (Å²) in [5.41, 5.74) is 2.54. The maximum atomic E-state index is 12.2. The number of carbonyl (C=O) groups excluding carboxylic acids is 2. The largest absolute Gasteiger partial charge is 0.448 e. The topological polar surface area (TPSA) is 87.7 Å². The van der Waals surface area contributed by atoms with Crippen LogP contribution < -0.4 is 10.2 Å². The van der Waals surface area contributed by atoms with Crippen molar-refractivity contribution in [1.29, 1.82) is 0 Å². The van der Waals surface area contributed by atoms with Crippen LogP contribution >= 0.6 is 0 Å². The van der Waals surface area contributed by atoms with Crippen LogP contribution in [-0.4, -0.2) is 65.7 Å². The van der Waals surface area contributed by atoms with Crippen LogP contribution in [0.2, 0.25) is 0 Å². The van der Waals surface area contributed by atoms with E-state index in [0.717, 1.165) is 50.4 Å². The molecule has 0 radical (unpaired) electrons. The number of rotatable bonds is 4. The number of ether oxygens (including phenoxy) is 1. The van der Waals surface area contributed by atoms with E-state index in [-0.39, 0.29) is 18.5 Å². The van der Waals surface area contributed by atoms with Crippen LogP contribution in [0.1, 0.15) is 42.8 Å². The molecule has 0 saturated carbocycles. The van der Waals surface area contributed by atoms with Gasteiger partial charge in [0.1, 0.15) is 24.8 Å². The highest BCUT2D eigenvalue weighted by Crippen LogP contribution is 2.29. The Balaban J connectivity index is 1.33. The van der Waals surface area contributed by atoms with Crippen molar-refractivity contribution in [3.05, 3.63) is 17.1 Å². The number of nitrogens with one attached hydrogen (secondary N) is 1. The molecule has 146 valence electrons. The number of aromatic nitrogens is 2. The summed E-state index contributed by atoms with van der Waals surface area (Å²) in [6.07, 6.45) is 5.90. The number of nitrogens with zero attached hydrogens (tertiary/aromatic N) is 4. The van der Waals surface area contributed by atoms with E-state index in [1.165, 1.54) is 29.0 Å². The second kappa shape index (κ2) is 7.70. The maximum Gasteiger partial charge on any atom is 0.410 e. The van der Waals surface area contributed by atoms with Gasteiger partial charge >= 0.3 is 6.09 Å². The fraction of sp³-hybridized carbons (Fsp3) is 0.684. The van der Waals surface area contributed by atoms with Gasteiger partial charge < -0.3 is 15.0 Å². The van der Waals surface area contributed by atoms with Crippen LogP contribution in [0.25, 0.3) is 0 Å². The summed E-state index contributed by atoms with van der Waals surface area (Å²) in [7, 11) is 0. The molecule has 2 fully saturated rings. The molecule has 0 aromatic carbocycles. The summed E-state index contributed by atoms with van der Waals surface area (Å²) < 4.78 is 4.86. The van der Waals surface area contributed by atoms with Gasteiger partial charge in [0.25, 0.3) is 0 Å². The maximum absolute atomic E-state index is 12.2. The fourth-order valence-corrected chi connectivity index (χ4v) is 4.21. The number of cyclic esters (lactones) is 1. The van der Waals surface area contributed by atoms with Gasteiger partial charge in [-0.1, -0.05) is 0 Å². The second-order valence-corrected chi connectivity index (χ2v) is 7.59. The number of hydrogen-bond donors (Lipinski definition) is 1. The summed E-state index contributed by atoms with van der Waals surface area (Å²) in [4.78, 5) is 36.8. The number of anilines is 1. The van der Waals surface area contributed by atoms with Crippen molar-refractivity contribution in [2.75, 3.05) is 37.7 Å². The molecule has 1 aromatic rings. The third-order valence-corrected chi connectivity index (χ3v) is 5.61. The summed E-state index contributed by atoms with van der Waals surface area (Å²) in [6.45, 7) is 4.65. The molecule has 0 bridgehead atoms. The fourth-order valence-electron chi connectivity index (χ4n) is 4.21. The predicted octanol–water partition coefficient (Wildman–Crippen LogP) is 1.20. The highest BCUT2D eigenvalue weighted by Gasteiger charge is 2.28. The van der Waals surface area contributed by atoms with Crippen molar-refractivity contribution in [2.24, 2.45) is 0 Å². The van der Waals surface area contributed by atoms with Crippen LogP contribution in [0.15, 0.2) is 0 Å². The molecule has 4 rings (SSSR count). The van der Waals surface area contributed by atoms with Gasteiger partial charge in [0.05, 0.1) is 6.54 Å². The molecule has 27 heavy (non-hydrogen) atoms. The lowest BCUT2D eigenvalue weighted by Gasteiger charge is -2.35. The third kappa shape index (κ3) is 3.99. The molecule has 1 aliphatic carbocycles. The first-order valence-corrected chi connectivity index (χ1v) is 9.92. The normalized spacial score (nSPS) is 20.4. The first-order valence-electron chi connectivity index (χ1n) is 9.92. The van der Waals surface area contributed by atoms with Crippen LogP contribution in [-0.2, 0) is 22.4 Å². The van der Waals surface area contributed by atoms with E-state index in [4.69, 9.17) is 9.72 Å². The Hall–Kier alpha value is -2.38. The Morgan fingerprint density at radius 3 is 2.70 bits per heavy atom. The lowest BCUT2D eigenvalue weighted by Crippen LogP contribution is -2.48. The Morgan fingerprint density at radius 1 is 1.19 bits per heavy atom. The minimum Gasteiger partial charge on any atom is -0.448 e. The zero-order valence-electron chi connectivity index (χ0n) is 15.9. The molecule has 8 heteroatoms. The zero-order valence-corrected chi connectivity index (χ0v) is 15.9. The van der Waals surface area contributed by atoms with E-state index in [9.17, 15) is 9.59 Å². The average molecular weight is 373 g/mol. The lowest BCUT2D eigenvalue weighted by atomic mass is 9.95. The quantitative estimate of drug-likeness (QED) is 0.853. The second-order valence-electron chi connectivity index (χ2n) is 7.59. The Labute approximate surface area is 159 Å². The predicted molar refractivity (Wildman–Crippen MR) is 99.7 cm³/mol. The van der Waals surface area contributed by atoms with Crippen LogP contribution in [0, 0.1) is 6.92 Å². The highest BCUT2D eigenvalue weighted by molar-refractivity contribution is 5.83. The Kier molecular flexibility index (Phi) is 5.13. The van der Waals surface area contributed by atoms with Gasteiger partial charge in [0, 0.05) is 30.4 Å². The first-order chi connectivity index (χ1) is 13.1. The van der Waals surface area contributed by atoms with Crippen molar-refractivity contribution >= 4 is 17.8 Å². The minimum atomic E-state index is -0.399. The summed E-state index contributed by atoms with van der Waals surface area (Å²) in [5, 5.41) is 3.06. The van der Waals surface area contributed by atoms with Gasteiger partial charge in [0.2, 0.25) is 5.91 Å². The van der Waals surface area contributed by atoms with Crippen molar-refractivity contribution in [1.82, 2.24) is 20.2 Å². The SMILES string of the molecule is Cc1nc2c(c(N3CCC(NC(=O)CN4CCOC4=O)CC3)n1)CCCC2. The highest BCUT2D eigenvalue weighted by atomic mass is 16.6. The number of carbonyl (C=O) groups is 2. The monoisotopic (exact) mass is 373 g/mol. The van der Waals surface area contributed by atoms with Gasteiger partial charge in [-0.2, -0.15) is 0 Å². The Morgan fingerprint density at radius 2 is 1.96 bits per heavy atom. The van der Waals surface area contributed by atoms with Crippen molar-refractivity contribution in [3.63, 3.8) is 0 Å². The number of aryl methyl sites for hydroxylation is 2. The molecule has 0 atom stereocenters. The molecule has 3 aliphatic rings. The van der Waals surface area contributed by atoms with E-state index in [0.29, 0.717) is 13.2 Å². The van der Waals surface area contributed by atoms with Crippen molar-refractivity contribution < 1.29 is 14.3 Å². The smallest absolute Gasteiger partial charge is 0.410 e. The molecule has 3 heterocycles. The van der Waals surface area contributed by atoms with Gasteiger partial charge in [-0.05, 0) is 45.4 Å². The van der Waals surface area contributed by atoms with Crippen LogP contribution in [0.5, 0.6) is 0 Å². The summed E-state index contributed by atoms with van der Waals surface area (Å²) in [5.74, 6) is 1.84. The molecule has 0 unspecified atom stereocenters. The molecule has 2 aliphatic heterocycles. The van der Waals surface area contributed by atoms with Crippen LogP contribution in [0.3, 0.4) is 0 Å². The Bertz CT molecular complexity index is 730. The standard InChI is InChI=1S/C19H27N5O3/c1-13-20-16-5-3-2-4-15(16)18(21-13)23-8-6-14(7-9-23)22-17(25)12-24-10-11-27-19(24)26/h14H,2-12H2,1H3,(H,22,25). The summed E-state index contributed by atoms with van der Waals surface area (Å²) >= 11 is 0. The number of fused-ring (bicyclic) bond motifs is 1. The molecule has 8 nitrogen and oxygen atoms in total. The number of amides is 2. The third-order valence-electron chi connectivity index (χ3n) is 5.61. The van der Waals surface area contributed by atoms with Gasteiger partial charge in [-0.15, -0.1) is 0 Å². The summed E-state index contributed by atoms with van der Waals surface area (Å²) in [6, 6.07) is 0.145. The van der Waals surface area contributed by atoms with Gasteiger partial charge in [0.15, 0.2) is 0 Å². The first kappa shape index (κ1) is 18.0. The number of hydrogen-bond acceptors (Lipinski definition) is 6. The molecular formula is C19H27N5O3. The van der Waals surface area contributed by atoms with Crippen molar-refractivity contribution in [3.8, 4) is 0 Å². The van der Waals surface area contributed by atoms with E-state index < -0.39 is 6.09 Å². The lowest BCUT2D eigenvalue weighted by molar-refractivity contribution is -0.122. The van der Waals surface area contributed by atoms with Gasteiger partial charge in [-0.3, -0.25) is 9.69 Å².